The smallest absolute Gasteiger partial charge is 0.123 e. The third kappa shape index (κ3) is 2.17. The van der Waals surface area contributed by atoms with E-state index in [9.17, 15) is 9.65 Å². The Morgan fingerprint density at radius 3 is 2.23 bits per heavy atom. The highest BCUT2D eigenvalue weighted by Gasteiger charge is 2.27. The van der Waals surface area contributed by atoms with Gasteiger partial charge in [-0.05, 0) is 30.3 Å². The van der Waals surface area contributed by atoms with Gasteiger partial charge in [0.15, 0.2) is 0 Å². The molecule has 0 aliphatic carbocycles. The molecule has 1 aromatic heterocycles. The molecule has 0 saturated heterocycles. The summed E-state index contributed by atoms with van der Waals surface area (Å²) in [5.74, 6) is -0.266. The molecule has 1 heterocycles. The van der Waals surface area contributed by atoms with Gasteiger partial charge in [-0.25, -0.2) is 4.39 Å². The molecule has 0 aliphatic heterocycles. The number of fused-ring (bicyclic) bond motifs is 1. The summed E-state index contributed by atoms with van der Waals surface area (Å²) in [6, 6.07) is 16.6. The summed E-state index contributed by atoms with van der Waals surface area (Å²) in [6.45, 7) is 6.26. The number of rotatable bonds is 1. The van der Waals surface area contributed by atoms with Crippen molar-refractivity contribution in [2.45, 2.75) is 26.2 Å². The third-order valence-electron chi connectivity index (χ3n) is 3.78. The Morgan fingerprint density at radius 2 is 1.64 bits per heavy atom. The van der Waals surface area contributed by atoms with Crippen LogP contribution in [0.15, 0.2) is 48.5 Å². The van der Waals surface area contributed by atoms with Crippen LogP contribution < -0.4 is 0 Å². The van der Waals surface area contributed by atoms with Crippen LogP contribution in [-0.2, 0) is 5.41 Å². The molecule has 2 nitrogen and oxygen atoms in total. The van der Waals surface area contributed by atoms with E-state index in [-0.39, 0.29) is 11.2 Å². The Balaban J connectivity index is 2.47. The summed E-state index contributed by atoms with van der Waals surface area (Å²) >= 11 is 0. The second-order valence-corrected chi connectivity index (χ2v) is 6.41. The van der Waals surface area contributed by atoms with Crippen molar-refractivity contribution in [2.75, 3.05) is 0 Å². The zero-order chi connectivity index (χ0) is 15.9. The molecule has 2 aromatic carbocycles. The van der Waals surface area contributed by atoms with E-state index in [2.05, 4.69) is 31.4 Å². The van der Waals surface area contributed by atoms with Crippen molar-refractivity contribution in [1.29, 1.82) is 5.26 Å². The minimum atomic E-state index is -0.266. The summed E-state index contributed by atoms with van der Waals surface area (Å²) in [7, 11) is 0. The number of halogens is 1. The van der Waals surface area contributed by atoms with Gasteiger partial charge in [-0.3, -0.25) is 0 Å². The lowest BCUT2D eigenvalue weighted by atomic mass is 9.89. The number of benzene rings is 2. The van der Waals surface area contributed by atoms with Crippen molar-refractivity contribution in [2.24, 2.45) is 0 Å². The molecule has 3 rings (SSSR count). The summed E-state index contributed by atoms with van der Waals surface area (Å²) < 4.78 is 15.3. The predicted octanol–water partition coefficient (Wildman–Crippen LogP) is 4.94. The second kappa shape index (κ2) is 4.99. The molecule has 0 saturated carbocycles. The molecule has 0 aliphatic rings. The topological polar surface area (TPSA) is 28.7 Å². The van der Waals surface area contributed by atoms with Gasteiger partial charge >= 0.3 is 0 Å². The van der Waals surface area contributed by atoms with E-state index in [0.29, 0.717) is 5.56 Å². The Hall–Kier alpha value is -2.60. The van der Waals surface area contributed by atoms with E-state index >= 15 is 0 Å². The van der Waals surface area contributed by atoms with Crippen LogP contribution in [0.2, 0.25) is 0 Å². The number of hydrogen-bond acceptors (Lipinski definition) is 1. The van der Waals surface area contributed by atoms with Crippen molar-refractivity contribution in [3.05, 3.63) is 65.6 Å². The standard InChI is InChI=1S/C19H17FN2/c1-19(2,3)18-16(12-21)15-6-4-5-7-17(15)22(18)14-10-8-13(20)9-11-14/h4-11H,1-3H3. The predicted molar refractivity (Wildman–Crippen MR) is 86.6 cm³/mol. The Bertz CT molecular complexity index is 875. The molecule has 0 unspecified atom stereocenters. The molecule has 22 heavy (non-hydrogen) atoms. The van der Waals surface area contributed by atoms with E-state index in [4.69, 9.17) is 0 Å². The van der Waals surface area contributed by atoms with Crippen LogP contribution in [0, 0.1) is 17.1 Å². The van der Waals surface area contributed by atoms with Crippen LogP contribution in [0.1, 0.15) is 32.0 Å². The molecule has 3 aromatic rings. The minimum Gasteiger partial charge on any atom is -0.312 e. The number of para-hydroxylation sites is 1. The number of nitriles is 1. The quantitative estimate of drug-likeness (QED) is 0.624. The van der Waals surface area contributed by atoms with Crippen LogP contribution in [-0.4, -0.2) is 4.57 Å². The first-order valence-electron chi connectivity index (χ1n) is 7.23. The van der Waals surface area contributed by atoms with E-state index in [0.717, 1.165) is 22.3 Å². The first-order valence-corrected chi connectivity index (χ1v) is 7.23. The molecular formula is C19H17FN2. The average Bonchev–Trinajstić information content (AvgIpc) is 2.82. The fourth-order valence-electron chi connectivity index (χ4n) is 2.92. The molecule has 110 valence electrons. The van der Waals surface area contributed by atoms with Gasteiger partial charge < -0.3 is 4.57 Å². The van der Waals surface area contributed by atoms with Crippen molar-refractivity contribution in [3.63, 3.8) is 0 Å². The first-order chi connectivity index (χ1) is 10.4. The molecule has 0 N–H and O–H groups in total. The van der Waals surface area contributed by atoms with Crippen LogP contribution in [0.5, 0.6) is 0 Å². The van der Waals surface area contributed by atoms with Gasteiger partial charge in [-0.1, -0.05) is 39.0 Å². The van der Waals surface area contributed by atoms with Crippen LogP contribution >= 0.6 is 0 Å². The zero-order valence-electron chi connectivity index (χ0n) is 12.9. The highest BCUT2D eigenvalue weighted by Crippen LogP contribution is 2.36. The van der Waals surface area contributed by atoms with E-state index in [1.54, 1.807) is 12.1 Å². The molecule has 0 bridgehead atoms. The van der Waals surface area contributed by atoms with Gasteiger partial charge in [0.2, 0.25) is 0 Å². The lowest BCUT2D eigenvalue weighted by Gasteiger charge is -2.23. The largest absolute Gasteiger partial charge is 0.312 e. The van der Waals surface area contributed by atoms with Gasteiger partial charge in [-0.15, -0.1) is 0 Å². The van der Waals surface area contributed by atoms with Crippen molar-refractivity contribution in [3.8, 4) is 11.8 Å². The molecule has 0 fully saturated rings. The van der Waals surface area contributed by atoms with Crippen molar-refractivity contribution < 1.29 is 4.39 Å². The van der Waals surface area contributed by atoms with Gasteiger partial charge in [0.05, 0.1) is 11.1 Å². The van der Waals surface area contributed by atoms with Gasteiger partial charge in [-0.2, -0.15) is 5.26 Å². The average molecular weight is 292 g/mol. The van der Waals surface area contributed by atoms with Crippen LogP contribution in [0.3, 0.4) is 0 Å². The van der Waals surface area contributed by atoms with E-state index in [1.165, 1.54) is 12.1 Å². The highest BCUT2D eigenvalue weighted by atomic mass is 19.1. The molecular weight excluding hydrogens is 275 g/mol. The molecule has 0 amide bonds. The fourth-order valence-corrected chi connectivity index (χ4v) is 2.92. The van der Waals surface area contributed by atoms with E-state index < -0.39 is 0 Å². The Labute approximate surface area is 129 Å². The maximum atomic E-state index is 13.3. The zero-order valence-corrected chi connectivity index (χ0v) is 12.9. The Morgan fingerprint density at radius 1 is 1.00 bits per heavy atom. The lowest BCUT2D eigenvalue weighted by Crippen LogP contribution is -2.18. The van der Waals surface area contributed by atoms with Gasteiger partial charge in [0, 0.05) is 22.2 Å². The summed E-state index contributed by atoms with van der Waals surface area (Å²) in [5, 5.41) is 10.6. The normalized spacial score (nSPS) is 11.6. The molecule has 0 spiro atoms. The monoisotopic (exact) mass is 292 g/mol. The molecule has 0 radical (unpaired) electrons. The lowest BCUT2D eigenvalue weighted by molar-refractivity contribution is 0.557. The van der Waals surface area contributed by atoms with Crippen molar-refractivity contribution in [1.82, 2.24) is 4.57 Å². The summed E-state index contributed by atoms with van der Waals surface area (Å²) in [5.41, 5.74) is 3.26. The highest BCUT2D eigenvalue weighted by molar-refractivity contribution is 5.90. The van der Waals surface area contributed by atoms with E-state index in [1.807, 2.05) is 24.3 Å². The molecule has 3 heteroatoms. The fraction of sp³-hybridized carbons (Fsp3) is 0.211. The van der Waals surface area contributed by atoms with Crippen LogP contribution in [0.25, 0.3) is 16.6 Å². The maximum absolute atomic E-state index is 13.3. The number of aromatic nitrogens is 1. The SMILES string of the molecule is CC(C)(C)c1c(C#N)c2ccccc2n1-c1ccc(F)cc1. The Kier molecular flexibility index (Phi) is 3.26. The van der Waals surface area contributed by atoms with Gasteiger partial charge in [0.1, 0.15) is 11.9 Å². The third-order valence-corrected chi connectivity index (χ3v) is 3.78. The minimum absolute atomic E-state index is 0.210. The number of hydrogen-bond donors (Lipinski definition) is 0. The van der Waals surface area contributed by atoms with Gasteiger partial charge in [0.25, 0.3) is 0 Å². The maximum Gasteiger partial charge on any atom is 0.123 e. The second-order valence-electron chi connectivity index (χ2n) is 6.41. The molecule has 0 atom stereocenters. The van der Waals surface area contributed by atoms with Crippen LogP contribution in [0.4, 0.5) is 4.39 Å². The number of nitrogens with zero attached hydrogens (tertiary/aromatic N) is 2. The summed E-state index contributed by atoms with van der Waals surface area (Å²) in [6.07, 6.45) is 0. The van der Waals surface area contributed by atoms with Crippen molar-refractivity contribution >= 4 is 10.9 Å². The first kappa shape index (κ1) is 14.3. The summed E-state index contributed by atoms with van der Waals surface area (Å²) in [4.78, 5) is 0.